The second-order valence-corrected chi connectivity index (χ2v) is 5.11. The van der Waals surface area contributed by atoms with E-state index in [0.29, 0.717) is 12.2 Å². The fourth-order valence-corrected chi connectivity index (χ4v) is 2.13. The molecular formula is C17H16F3NO2. The number of methoxy groups -OCH3 is 1. The summed E-state index contributed by atoms with van der Waals surface area (Å²) in [4.78, 5) is 12.1. The smallest absolute Gasteiger partial charge is 0.380 e. The van der Waals surface area contributed by atoms with Gasteiger partial charge < -0.3 is 10.1 Å². The van der Waals surface area contributed by atoms with Crippen LogP contribution in [0.2, 0.25) is 0 Å². The Labute approximate surface area is 132 Å². The number of carbonyl (C=O) groups is 1. The molecule has 0 spiro atoms. The lowest BCUT2D eigenvalue weighted by Gasteiger charge is -2.13. The van der Waals surface area contributed by atoms with Crippen LogP contribution >= 0.6 is 0 Å². The summed E-state index contributed by atoms with van der Waals surface area (Å²) in [7, 11) is 1.57. The zero-order valence-corrected chi connectivity index (χ0v) is 12.7. The molecule has 0 fully saturated rings. The number of hydrogen-bond donors (Lipinski definition) is 1. The lowest BCUT2D eigenvalue weighted by molar-refractivity contribution is -0.138. The Morgan fingerprint density at radius 3 is 2.35 bits per heavy atom. The fraction of sp³-hybridized carbons (Fsp3) is 0.235. The summed E-state index contributed by atoms with van der Waals surface area (Å²) in [6.07, 6.45) is -4.45. The first-order valence-corrected chi connectivity index (χ1v) is 6.88. The minimum atomic E-state index is -4.45. The minimum absolute atomic E-state index is 0.105. The minimum Gasteiger partial charge on any atom is -0.380 e. The molecule has 0 saturated carbocycles. The number of rotatable bonds is 4. The van der Waals surface area contributed by atoms with Crippen molar-refractivity contribution >= 4 is 11.6 Å². The van der Waals surface area contributed by atoms with Crippen molar-refractivity contribution in [3.63, 3.8) is 0 Å². The van der Waals surface area contributed by atoms with E-state index >= 15 is 0 Å². The zero-order valence-electron chi connectivity index (χ0n) is 12.7. The Balaban J connectivity index is 2.17. The average molecular weight is 323 g/mol. The second-order valence-electron chi connectivity index (χ2n) is 5.11. The molecule has 0 aliphatic heterocycles. The van der Waals surface area contributed by atoms with Crippen LogP contribution in [0.3, 0.4) is 0 Å². The first-order chi connectivity index (χ1) is 10.8. The van der Waals surface area contributed by atoms with E-state index in [4.69, 9.17) is 4.74 Å². The third-order valence-electron chi connectivity index (χ3n) is 3.33. The third kappa shape index (κ3) is 4.32. The van der Waals surface area contributed by atoms with Gasteiger partial charge in [0.2, 0.25) is 0 Å². The molecule has 1 amide bonds. The van der Waals surface area contributed by atoms with Gasteiger partial charge in [-0.15, -0.1) is 0 Å². The molecule has 122 valence electrons. The van der Waals surface area contributed by atoms with Gasteiger partial charge in [-0.3, -0.25) is 4.79 Å². The maximum absolute atomic E-state index is 12.9. The van der Waals surface area contributed by atoms with Crippen molar-refractivity contribution in [2.45, 2.75) is 19.7 Å². The molecule has 0 saturated heterocycles. The van der Waals surface area contributed by atoms with Gasteiger partial charge in [0.15, 0.2) is 0 Å². The van der Waals surface area contributed by atoms with Gasteiger partial charge in [0.05, 0.1) is 12.2 Å². The van der Waals surface area contributed by atoms with Gasteiger partial charge in [-0.1, -0.05) is 18.2 Å². The number of amides is 1. The summed E-state index contributed by atoms with van der Waals surface area (Å²) in [5.41, 5.74) is 0.719. The van der Waals surface area contributed by atoms with Crippen molar-refractivity contribution in [2.75, 3.05) is 12.4 Å². The highest BCUT2D eigenvalue weighted by molar-refractivity contribution is 6.04. The molecule has 0 aromatic heterocycles. The highest BCUT2D eigenvalue weighted by Crippen LogP contribution is 2.33. The van der Waals surface area contributed by atoms with Crippen molar-refractivity contribution in [3.05, 3.63) is 64.7 Å². The van der Waals surface area contributed by atoms with Crippen LogP contribution in [0, 0.1) is 6.92 Å². The van der Waals surface area contributed by atoms with E-state index in [2.05, 4.69) is 5.32 Å². The molecule has 1 N–H and O–H groups in total. The maximum atomic E-state index is 12.9. The molecule has 2 aromatic rings. The maximum Gasteiger partial charge on any atom is 0.416 e. The van der Waals surface area contributed by atoms with Crippen molar-refractivity contribution < 1.29 is 22.7 Å². The molecular weight excluding hydrogens is 307 g/mol. The molecule has 0 atom stereocenters. The molecule has 0 unspecified atom stereocenters. The molecule has 2 rings (SSSR count). The molecule has 0 aliphatic rings. The van der Waals surface area contributed by atoms with E-state index < -0.39 is 17.6 Å². The van der Waals surface area contributed by atoms with Crippen LogP contribution in [0.15, 0.2) is 42.5 Å². The Morgan fingerprint density at radius 1 is 1.13 bits per heavy atom. The quantitative estimate of drug-likeness (QED) is 0.905. The van der Waals surface area contributed by atoms with E-state index in [1.807, 2.05) is 0 Å². The second kappa shape index (κ2) is 6.83. The molecule has 0 aliphatic carbocycles. The summed E-state index contributed by atoms with van der Waals surface area (Å²) in [6.45, 7) is 1.80. The summed E-state index contributed by atoms with van der Waals surface area (Å²) >= 11 is 0. The van der Waals surface area contributed by atoms with Crippen LogP contribution in [0.5, 0.6) is 0 Å². The highest BCUT2D eigenvalue weighted by atomic mass is 19.4. The van der Waals surface area contributed by atoms with Crippen LogP contribution in [-0.4, -0.2) is 13.0 Å². The van der Waals surface area contributed by atoms with Gasteiger partial charge in [-0.05, 0) is 42.3 Å². The molecule has 0 heterocycles. The van der Waals surface area contributed by atoms with E-state index in [-0.39, 0.29) is 11.3 Å². The number of nitrogens with one attached hydrogen (secondary N) is 1. The van der Waals surface area contributed by atoms with E-state index in [9.17, 15) is 18.0 Å². The SMILES string of the molecule is COCc1ccc(C(=O)Nc2ccc(C)c(C(F)(F)F)c2)cc1. The van der Waals surface area contributed by atoms with Gasteiger partial charge >= 0.3 is 6.18 Å². The van der Waals surface area contributed by atoms with Gasteiger partial charge in [0.25, 0.3) is 5.91 Å². The van der Waals surface area contributed by atoms with Gasteiger partial charge in [-0.2, -0.15) is 13.2 Å². The van der Waals surface area contributed by atoms with Crippen LogP contribution in [0.4, 0.5) is 18.9 Å². The lowest BCUT2D eigenvalue weighted by Crippen LogP contribution is -2.14. The van der Waals surface area contributed by atoms with Crippen molar-refractivity contribution in [1.29, 1.82) is 0 Å². The zero-order chi connectivity index (χ0) is 17.0. The molecule has 3 nitrogen and oxygen atoms in total. The normalized spacial score (nSPS) is 11.3. The van der Waals surface area contributed by atoms with Crippen molar-refractivity contribution in [3.8, 4) is 0 Å². The third-order valence-corrected chi connectivity index (χ3v) is 3.33. The van der Waals surface area contributed by atoms with Crippen LogP contribution < -0.4 is 5.32 Å². The Kier molecular flexibility index (Phi) is 5.05. The number of anilines is 1. The summed E-state index contributed by atoms with van der Waals surface area (Å²) < 4.78 is 43.6. The Bertz CT molecular complexity index is 694. The standard InChI is InChI=1S/C17H16F3NO2/c1-11-3-8-14(9-15(11)17(18,19)20)21-16(22)13-6-4-12(5-7-13)10-23-2/h3-9H,10H2,1-2H3,(H,21,22). The monoisotopic (exact) mass is 323 g/mol. The first-order valence-electron chi connectivity index (χ1n) is 6.88. The fourth-order valence-electron chi connectivity index (χ4n) is 2.13. The molecule has 0 radical (unpaired) electrons. The molecule has 0 bridgehead atoms. The van der Waals surface area contributed by atoms with Crippen LogP contribution in [0.25, 0.3) is 0 Å². The van der Waals surface area contributed by atoms with Gasteiger partial charge in [0, 0.05) is 18.4 Å². The van der Waals surface area contributed by atoms with Crippen LogP contribution in [0.1, 0.15) is 27.0 Å². The topological polar surface area (TPSA) is 38.3 Å². The van der Waals surface area contributed by atoms with E-state index in [0.717, 1.165) is 11.6 Å². The van der Waals surface area contributed by atoms with Gasteiger partial charge in [-0.25, -0.2) is 0 Å². The predicted octanol–water partition coefficient (Wildman–Crippen LogP) is 4.41. The summed E-state index contributed by atoms with van der Waals surface area (Å²) in [6, 6.07) is 10.4. The number of hydrogen-bond acceptors (Lipinski definition) is 2. The first kappa shape index (κ1) is 17.0. The number of halogens is 3. The van der Waals surface area contributed by atoms with E-state index in [1.165, 1.54) is 19.1 Å². The summed E-state index contributed by atoms with van der Waals surface area (Å²) in [5.74, 6) is -0.467. The Hall–Kier alpha value is -2.34. The molecule has 2 aromatic carbocycles. The van der Waals surface area contributed by atoms with E-state index in [1.54, 1.807) is 31.4 Å². The lowest BCUT2D eigenvalue weighted by atomic mass is 10.1. The molecule has 23 heavy (non-hydrogen) atoms. The average Bonchev–Trinajstić information content (AvgIpc) is 2.49. The Morgan fingerprint density at radius 2 is 1.78 bits per heavy atom. The van der Waals surface area contributed by atoms with Gasteiger partial charge in [0.1, 0.15) is 0 Å². The molecule has 6 heteroatoms. The summed E-state index contributed by atoms with van der Waals surface area (Å²) in [5, 5.41) is 2.48. The highest BCUT2D eigenvalue weighted by Gasteiger charge is 2.32. The number of alkyl halides is 3. The van der Waals surface area contributed by atoms with Crippen molar-refractivity contribution in [2.24, 2.45) is 0 Å². The number of carbonyl (C=O) groups excluding carboxylic acids is 1. The predicted molar refractivity (Wildman–Crippen MR) is 81.3 cm³/mol. The number of benzene rings is 2. The van der Waals surface area contributed by atoms with Crippen LogP contribution in [-0.2, 0) is 17.5 Å². The largest absolute Gasteiger partial charge is 0.416 e. The van der Waals surface area contributed by atoms with Crippen molar-refractivity contribution in [1.82, 2.24) is 0 Å². The number of ether oxygens (including phenoxy) is 1. The number of aryl methyl sites for hydroxylation is 1.